The first-order valence-corrected chi connectivity index (χ1v) is 7.79. The number of carbonyl (C=O) groups is 1. The van der Waals surface area contributed by atoms with Gasteiger partial charge in [-0.2, -0.15) is 5.26 Å². The van der Waals surface area contributed by atoms with Gasteiger partial charge in [-0.05, 0) is 25.5 Å². The maximum Gasteiger partial charge on any atom is 0.270 e. The fraction of sp³-hybridized carbons (Fsp3) is 0.294. The van der Waals surface area contributed by atoms with Gasteiger partial charge in [0.1, 0.15) is 17.7 Å². The number of nitrogens with zero attached hydrogens (tertiary/aromatic N) is 4. The van der Waals surface area contributed by atoms with Crippen molar-refractivity contribution in [1.29, 1.82) is 5.26 Å². The Balaban J connectivity index is 0.00000225. The summed E-state index contributed by atoms with van der Waals surface area (Å²) < 4.78 is 0. The molecule has 24 heavy (non-hydrogen) atoms. The molecule has 0 spiro atoms. The summed E-state index contributed by atoms with van der Waals surface area (Å²) >= 11 is 0. The molecule has 124 valence electrons. The average molecular weight is 324 g/mol. The Morgan fingerprint density at radius 1 is 1.38 bits per heavy atom. The highest BCUT2D eigenvalue weighted by atomic mass is 16.2. The number of fused-ring (bicyclic) bond motifs is 1. The lowest BCUT2D eigenvalue weighted by atomic mass is 10.1. The molecular weight excluding hydrogens is 304 g/mol. The summed E-state index contributed by atoms with van der Waals surface area (Å²) in [6.45, 7) is 4.87. The molecule has 2 N–H and O–H groups in total. The number of carbonyl (C=O) groups excluding carboxylic acids is 1. The maximum absolute atomic E-state index is 12.6. The van der Waals surface area contributed by atoms with Gasteiger partial charge in [0, 0.05) is 37.9 Å². The van der Waals surface area contributed by atoms with Crippen LogP contribution in [0.1, 0.15) is 30.8 Å². The number of hydrogen-bond donors (Lipinski definition) is 2. The van der Waals surface area contributed by atoms with Crippen LogP contribution in [0.5, 0.6) is 0 Å². The first-order chi connectivity index (χ1) is 11.7. The van der Waals surface area contributed by atoms with E-state index in [1.807, 2.05) is 20.0 Å². The second-order valence-electron chi connectivity index (χ2n) is 5.51. The van der Waals surface area contributed by atoms with E-state index in [0.29, 0.717) is 25.2 Å². The molecule has 0 aromatic carbocycles. The molecule has 3 aromatic heterocycles. The molecule has 3 heterocycles. The minimum Gasteiger partial charge on any atom is -0.357 e. The molecule has 3 aromatic rings. The van der Waals surface area contributed by atoms with Crippen LogP contribution in [0, 0.1) is 18.3 Å². The first-order valence-electron chi connectivity index (χ1n) is 7.79. The van der Waals surface area contributed by atoms with Gasteiger partial charge in [-0.15, -0.1) is 0 Å². The Labute approximate surface area is 140 Å². The summed E-state index contributed by atoms with van der Waals surface area (Å²) in [5.74, 6) is -0.116. The maximum atomic E-state index is 12.6. The second kappa shape index (κ2) is 6.54. The number of aromatic nitrogens is 4. The largest absolute Gasteiger partial charge is 0.357 e. The van der Waals surface area contributed by atoms with Crippen molar-refractivity contribution in [3.05, 3.63) is 36.0 Å². The molecule has 0 unspecified atom stereocenters. The van der Waals surface area contributed by atoms with E-state index in [-0.39, 0.29) is 7.33 Å². The Morgan fingerprint density at radius 3 is 2.96 bits per heavy atom. The molecule has 0 aliphatic heterocycles. The van der Waals surface area contributed by atoms with Gasteiger partial charge in [0.2, 0.25) is 0 Å². The molecular formula is C17H20N6O. The zero-order valence-electron chi connectivity index (χ0n) is 13.6. The molecule has 0 atom stereocenters. The van der Waals surface area contributed by atoms with E-state index in [1.54, 1.807) is 17.2 Å². The molecule has 0 aliphatic rings. The van der Waals surface area contributed by atoms with E-state index >= 15 is 0 Å². The molecule has 0 aliphatic carbocycles. The van der Waals surface area contributed by atoms with Crippen molar-refractivity contribution in [2.24, 2.45) is 0 Å². The van der Waals surface area contributed by atoms with Crippen molar-refractivity contribution in [1.82, 2.24) is 24.8 Å². The van der Waals surface area contributed by atoms with Crippen molar-refractivity contribution in [2.45, 2.75) is 20.3 Å². The third-order valence-electron chi connectivity index (χ3n) is 4.02. The van der Waals surface area contributed by atoms with Gasteiger partial charge in [-0.25, -0.2) is 9.97 Å². The lowest BCUT2D eigenvalue weighted by molar-refractivity contribution is 0.0762. The summed E-state index contributed by atoms with van der Waals surface area (Å²) in [6.07, 6.45) is 5.50. The quantitative estimate of drug-likeness (QED) is 0.753. The van der Waals surface area contributed by atoms with Crippen molar-refractivity contribution in [2.75, 3.05) is 13.1 Å². The van der Waals surface area contributed by atoms with E-state index in [0.717, 1.165) is 27.9 Å². The van der Waals surface area contributed by atoms with Crippen LogP contribution >= 0.6 is 0 Å². The number of rotatable bonds is 5. The SMILES string of the molecule is CCN(CCC#N)C(=O)c1cc(-c2ncnc3[nH]cc(C)c23)c[nH]1.[HH]. The summed E-state index contributed by atoms with van der Waals surface area (Å²) in [4.78, 5) is 28.9. The number of nitrogens with one attached hydrogen (secondary N) is 2. The Hall–Kier alpha value is -3.14. The summed E-state index contributed by atoms with van der Waals surface area (Å²) in [6, 6.07) is 3.87. The van der Waals surface area contributed by atoms with Gasteiger partial charge < -0.3 is 14.9 Å². The van der Waals surface area contributed by atoms with Crippen molar-refractivity contribution in [3.63, 3.8) is 0 Å². The van der Waals surface area contributed by atoms with E-state index in [9.17, 15) is 4.79 Å². The Morgan fingerprint density at radius 2 is 2.21 bits per heavy atom. The van der Waals surface area contributed by atoms with Crippen molar-refractivity contribution < 1.29 is 6.22 Å². The Kier molecular flexibility index (Phi) is 4.29. The number of aromatic amines is 2. The molecule has 0 saturated carbocycles. The van der Waals surface area contributed by atoms with Crippen molar-refractivity contribution in [3.8, 4) is 17.3 Å². The van der Waals surface area contributed by atoms with Crippen LogP contribution in [0.15, 0.2) is 24.8 Å². The highest BCUT2D eigenvalue weighted by molar-refractivity contribution is 5.97. The molecule has 3 rings (SSSR count). The molecule has 0 bridgehead atoms. The van der Waals surface area contributed by atoms with Crippen LogP contribution in [0.2, 0.25) is 0 Å². The fourth-order valence-electron chi connectivity index (χ4n) is 2.75. The first kappa shape index (κ1) is 15.7. The fourth-order valence-corrected chi connectivity index (χ4v) is 2.75. The standard InChI is InChI=1S/C17H18N6O.H2/c1-3-23(6-4-5-18)17(24)13-7-12(9-19-13)15-14-11(2)8-20-16(14)22-10-21-15;/h7-10,19H,3-4,6H2,1-2H3,(H,20,21,22);1H. The molecule has 0 radical (unpaired) electrons. The Bertz CT molecular complexity index is 923. The van der Waals surface area contributed by atoms with Gasteiger partial charge >= 0.3 is 0 Å². The minimum atomic E-state index is -0.116. The van der Waals surface area contributed by atoms with E-state index in [1.165, 1.54) is 6.33 Å². The third kappa shape index (κ3) is 2.74. The smallest absolute Gasteiger partial charge is 0.270 e. The predicted molar refractivity (Wildman–Crippen MR) is 92.3 cm³/mol. The molecule has 7 heteroatoms. The van der Waals surface area contributed by atoms with Gasteiger partial charge in [0.15, 0.2) is 0 Å². The van der Waals surface area contributed by atoms with Gasteiger partial charge in [-0.3, -0.25) is 4.79 Å². The van der Waals surface area contributed by atoms with Crippen LogP contribution in [0.25, 0.3) is 22.3 Å². The molecule has 7 nitrogen and oxygen atoms in total. The van der Waals surface area contributed by atoms with Crippen LogP contribution in [0.3, 0.4) is 0 Å². The topological polar surface area (TPSA) is 101 Å². The van der Waals surface area contributed by atoms with Crippen molar-refractivity contribution >= 4 is 16.9 Å². The van der Waals surface area contributed by atoms with E-state index < -0.39 is 0 Å². The van der Waals surface area contributed by atoms with Gasteiger partial charge in [0.05, 0.1) is 18.2 Å². The zero-order valence-corrected chi connectivity index (χ0v) is 13.6. The number of amides is 1. The summed E-state index contributed by atoms with van der Waals surface area (Å²) in [7, 11) is 0. The lowest BCUT2D eigenvalue weighted by Gasteiger charge is -2.18. The zero-order chi connectivity index (χ0) is 17.1. The number of nitriles is 1. The predicted octanol–water partition coefficient (Wildman–Crippen LogP) is 2.88. The molecule has 0 fully saturated rings. The summed E-state index contributed by atoms with van der Waals surface area (Å²) in [5, 5.41) is 9.66. The number of aryl methyl sites for hydroxylation is 1. The highest BCUT2D eigenvalue weighted by Crippen LogP contribution is 2.28. The van der Waals surface area contributed by atoms with E-state index in [4.69, 9.17) is 5.26 Å². The van der Waals surface area contributed by atoms with Crippen LogP contribution in [0.4, 0.5) is 0 Å². The van der Waals surface area contributed by atoms with E-state index in [2.05, 4.69) is 26.0 Å². The average Bonchev–Trinajstić information content (AvgIpc) is 3.23. The van der Waals surface area contributed by atoms with Gasteiger partial charge in [0.25, 0.3) is 5.91 Å². The number of H-pyrrole nitrogens is 2. The van der Waals surface area contributed by atoms with Crippen LogP contribution < -0.4 is 0 Å². The van der Waals surface area contributed by atoms with Crippen LogP contribution in [-0.4, -0.2) is 43.8 Å². The molecule has 1 amide bonds. The lowest BCUT2D eigenvalue weighted by Crippen LogP contribution is -2.31. The summed E-state index contributed by atoms with van der Waals surface area (Å²) in [5.41, 5.74) is 3.94. The minimum absolute atomic E-state index is 0. The third-order valence-corrected chi connectivity index (χ3v) is 4.02. The highest BCUT2D eigenvalue weighted by Gasteiger charge is 2.18. The van der Waals surface area contributed by atoms with Crippen LogP contribution in [-0.2, 0) is 0 Å². The second-order valence-corrected chi connectivity index (χ2v) is 5.51. The normalized spacial score (nSPS) is 10.7. The monoisotopic (exact) mass is 324 g/mol. The van der Waals surface area contributed by atoms with Gasteiger partial charge in [-0.1, -0.05) is 0 Å². The molecule has 0 saturated heterocycles. The number of hydrogen-bond acceptors (Lipinski definition) is 4.